The number of nitrogens with zero attached hydrogens (tertiary/aromatic N) is 2. The number of benzene rings is 2. The van der Waals surface area contributed by atoms with Gasteiger partial charge < -0.3 is 0 Å². The van der Waals surface area contributed by atoms with E-state index in [0.717, 1.165) is 28.4 Å². The Morgan fingerprint density at radius 1 is 1.09 bits per heavy atom. The molecule has 0 aliphatic carbocycles. The van der Waals surface area contributed by atoms with Gasteiger partial charge in [0.1, 0.15) is 0 Å². The Morgan fingerprint density at radius 3 is 2.59 bits per heavy atom. The molecule has 0 atom stereocenters. The van der Waals surface area contributed by atoms with Gasteiger partial charge in [0.15, 0.2) is 0 Å². The van der Waals surface area contributed by atoms with Crippen LogP contribution in [0.25, 0.3) is 11.3 Å². The summed E-state index contributed by atoms with van der Waals surface area (Å²) in [5, 5.41) is 7.07. The number of hydrazone groups is 1. The standard InChI is InChI=1S/C18H17N3S/c1-2-14-8-10-15(11-9-14)12-19-21-18-20-17(13-22-18)16-6-4-3-5-7-16/h3-13H,2H2,1H3,(H,20,21). The van der Waals surface area contributed by atoms with Crippen molar-refractivity contribution in [3.63, 3.8) is 0 Å². The molecule has 0 bridgehead atoms. The lowest BCUT2D eigenvalue weighted by Crippen LogP contribution is -1.90. The van der Waals surface area contributed by atoms with Crippen LogP contribution in [0.2, 0.25) is 0 Å². The normalized spacial score (nSPS) is 11.0. The number of hydrogen-bond acceptors (Lipinski definition) is 4. The van der Waals surface area contributed by atoms with Crippen LogP contribution in [-0.4, -0.2) is 11.2 Å². The molecule has 0 fully saturated rings. The summed E-state index contributed by atoms with van der Waals surface area (Å²) < 4.78 is 0. The minimum Gasteiger partial charge on any atom is -0.253 e. The van der Waals surface area contributed by atoms with Gasteiger partial charge in [-0.15, -0.1) is 11.3 Å². The van der Waals surface area contributed by atoms with E-state index >= 15 is 0 Å². The molecule has 0 saturated heterocycles. The summed E-state index contributed by atoms with van der Waals surface area (Å²) in [6.45, 7) is 2.15. The van der Waals surface area contributed by atoms with Crippen LogP contribution in [0.5, 0.6) is 0 Å². The first-order valence-electron chi connectivity index (χ1n) is 7.24. The first-order chi connectivity index (χ1) is 10.8. The smallest absolute Gasteiger partial charge is 0.203 e. The molecule has 3 nitrogen and oxygen atoms in total. The molecule has 0 aliphatic rings. The van der Waals surface area contributed by atoms with E-state index in [1.165, 1.54) is 5.56 Å². The van der Waals surface area contributed by atoms with Crippen LogP contribution in [0.1, 0.15) is 18.1 Å². The summed E-state index contributed by atoms with van der Waals surface area (Å²) in [5.41, 5.74) is 7.48. The molecule has 0 amide bonds. The maximum atomic E-state index is 4.53. The minimum absolute atomic E-state index is 0.792. The van der Waals surface area contributed by atoms with Gasteiger partial charge in [-0.05, 0) is 17.5 Å². The van der Waals surface area contributed by atoms with Crippen LogP contribution in [0.3, 0.4) is 0 Å². The Morgan fingerprint density at radius 2 is 1.86 bits per heavy atom. The van der Waals surface area contributed by atoms with E-state index in [0.29, 0.717) is 0 Å². The van der Waals surface area contributed by atoms with Crippen molar-refractivity contribution in [1.29, 1.82) is 0 Å². The maximum Gasteiger partial charge on any atom is 0.203 e. The van der Waals surface area contributed by atoms with E-state index < -0.39 is 0 Å². The molecule has 1 heterocycles. The van der Waals surface area contributed by atoms with E-state index in [4.69, 9.17) is 0 Å². The molecule has 22 heavy (non-hydrogen) atoms. The largest absolute Gasteiger partial charge is 0.253 e. The Balaban J connectivity index is 1.64. The number of nitrogens with one attached hydrogen (secondary N) is 1. The average Bonchev–Trinajstić information content (AvgIpc) is 3.05. The van der Waals surface area contributed by atoms with Crippen LogP contribution in [0.4, 0.5) is 5.13 Å². The number of hydrogen-bond donors (Lipinski definition) is 1. The predicted octanol–water partition coefficient (Wildman–Crippen LogP) is 4.82. The van der Waals surface area contributed by atoms with Gasteiger partial charge in [-0.25, -0.2) is 4.98 Å². The summed E-state index contributed by atoms with van der Waals surface area (Å²) in [5.74, 6) is 0. The molecule has 0 spiro atoms. The zero-order chi connectivity index (χ0) is 15.2. The van der Waals surface area contributed by atoms with Crippen molar-refractivity contribution in [3.05, 3.63) is 71.1 Å². The molecule has 1 N–H and O–H groups in total. The first-order valence-corrected chi connectivity index (χ1v) is 8.12. The van der Waals surface area contributed by atoms with Crippen molar-refractivity contribution < 1.29 is 0 Å². The van der Waals surface area contributed by atoms with Crippen LogP contribution in [0, 0.1) is 0 Å². The lowest BCUT2D eigenvalue weighted by atomic mass is 10.1. The molecular weight excluding hydrogens is 290 g/mol. The Kier molecular flexibility index (Phi) is 4.61. The van der Waals surface area contributed by atoms with Gasteiger partial charge >= 0.3 is 0 Å². The van der Waals surface area contributed by atoms with E-state index in [9.17, 15) is 0 Å². The zero-order valence-electron chi connectivity index (χ0n) is 12.4. The average molecular weight is 307 g/mol. The predicted molar refractivity (Wildman–Crippen MR) is 94.6 cm³/mol. The fraction of sp³-hybridized carbons (Fsp3) is 0.111. The van der Waals surface area contributed by atoms with Crippen LogP contribution < -0.4 is 5.43 Å². The molecule has 3 rings (SSSR count). The van der Waals surface area contributed by atoms with Crippen LogP contribution in [0.15, 0.2) is 65.1 Å². The molecule has 2 aromatic carbocycles. The lowest BCUT2D eigenvalue weighted by Gasteiger charge is -1.97. The third-order valence-corrected chi connectivity index (χ3v) is 4.08. The summed E-state index contributed by atoms with van der Waals surface area (Å²) in [4.78, 5) is 4.53. The van der Waals surface area contributed by atoms with Crippen molar-refractivity contribution in [2.45, 2.75) is 13.3 Å². The minimum atomic E-state index is 0.792. The van der Waals surface area contributed by atoms with Crippen molar-refractivity contribution in [2.24, 2.45) is 5.10 Å². The highest BCUT2D eigenvalue weighted by Gasteiger charge is 2.02. The zero-order valence-corrected chi connectivity index (χ0v) is 13.2. The summed E-state index contributed by atoms with van der Waals surface area (Å²) >= 11 is 1.55. The highest BCUT2D eigenvalue weighted by Crippen LogP contribution is 2.24. The van der Waals surface area contributed by atoms with Gasteiger partial charge in [0.25, 0.3) is 0 Å². The fourth-order valence-electron chi connectivity index (χ4n) is 2.07. The van der Waals surface area contributed by atoms with Crippen LogP contribution >= 0.6 is 11.3 Å². The second kappa shape index (κ2) is 7.00. The number of aryl methyl sites for hydroxylation is 1. The molecule has 0 saturated carbocycles. The molecule has 110 valence electrons. The highest BCUT2D eigenvalue weighted by molar-refractivity contribution is 7.14. The van der Waals surface area contributed by atoms with Crippen molar-refractivity contribution in [3.8, 4) is 11.3 Å². The SMILES string of the molecule is CCc1ccc(C=NNc2nc(-c3ccccc3)cs2)cc1. The molecule has 1 aromatic heterocycles. The maximum absolute atomic E-state index is 4.53. The van der Waals surface area contributed by atoms with Crippen molar-refractivity contribution >= 4 is 22.7 Å². The molecule has 0 aliphatic heterocycles. The van der Waals surface area contributed by atoms with Crippen molar-refractivity contribution in [2.75, 3.05) is 5.43 Å². The fourth-order valence-corrected chi connectivity index (χ4v) is 2.74. The van der Waals surface area contributed by atoms with E-state index in [2.05, 4.69) is 58.8 Å². The number of thiazole rings is 1. The van der Waals surface area contributed by atoms with Gasteiger partial charge in [-0.1, -0.05) is 61.5 Å². The lowest BCUT2D eigenvalue weighted by molar-refractivity contribution is 1.14. The van der Waals surface area contributed by atoms with Gasteiger partial charge in [-0.2, -0.15) is 5.10 Å². The molecule has 0 radical (unpaired) electrons. The van der Waals surface area contributed by atoms with Gasteiger partial charge in [0.2, 0.25) is 5.13 Å². The number of rotatable bonds is 5. The number of aromatic nitrogens is 1. The van der Waals surface area contributed by atoms with Gasteiger partial charge in [0, 0.05) is 10.9 Å². The van der Waals surface area contributed by atoms with Gasteiger partial charge in [0.05, 0.1) is 11.9 Å². The molecule has 0 unspecified atom stereocenters. The number of anilines is 1. The summed E-state index contributed by atoms with van der Waals surface area (Å²) in [6, 6.07) is 18.5. The third kappa shape index (κ3) is 3.59. The highest BCUT2D eigenvalue weighted by atomic mass is 32.1. The second-order valence-electron chi connectivity index (χ2n) is 4.87. The van der Waals surface area contributed by atoms with E-state index in [-0.39, 0.29) is 0 Å². The first kappa shape index (κ1) is 14.5. The topological polar surface area (TPSA) is 37.3 Å². The monoisotopic (exact) mass is 307 g/mol. The van der Waals surface area contributed by atoms with Crippen LogP contribution in [-0.2, 0) is 6.42 Å². The Bertz CT molecular complexity index is 746. The molecular formula is C18H17N3S. The summed E-state index contributed by atoms with van der Waals surface area (Å²) in [6.07, 6.45) is 2.86. The molecule has 4 heteroatoms. The molecule has 3 aromatic rings. The second-order valence-corrected chi connectivity index (χ2v) is 5.73. The quantitative estimate of drug-likeness (QED) is 0.542. The van der Waals surface area contributed by atoms with Crippen molar-refractivity contribution in [1.82, 2.24) is 4.98 Å². The Labute approximate surface area is 134 Å². The van der Waals surface area contributed by atoms with Gasteiger partial charge in [-0.3, -0.25) is 5.43 Å². The Hall–Kier alpha value is -2.46. The summed E-state index contributed by atoms with van der Waals surface area (Å²) in [7, 11) is 0. The third-order valence-electron chi connectivity index (χ3n) is 3.34. The van der Waals surface area contributed by atoms with E-state index in [1.807, 2.05) is 29.8 Å². The van der Waals surface area contributed by atoms with E-state index in [1.54, 1.807) is 11.3 Å².